The summed E-state index contributed by atoms with van der Waals surface area (Å²) in [6, 6.07) is 0. The Hall–Kier alpha value is -0.109. The summed E-state index contributed by atoms with van der Waals surface area (Å²) < 4.78 is 3.72. The van der Waals surface area contributed by atoms with Gasteiger partial charge in [-0.3, -0.25) is 0 Å². The van der Waals surface area contributed by atoms with Gasteiger partial charge in [0.25, 0.3) is 0 Å². The van der Waals surface area contributed by atoms with Gasteiger partial charge >= 0.3 is 119 Å². The summed E-state index contributed by atoms with van der Waals surface area (Å²) in [4.78, 5) is 0. The van der Waals surface area contributed by atoms with E-state index in [1.54, 1.807) is 11.1 Å². The summed E-state index contributed by atoms with van der Waals surface area (Å²) in [6.07, 6.45) is 9.34. The first-order valence-electron chi connectivity index (χ1n) is 6.89. The second-order valence-electron chi connectivity index (χ2n) is 5.86. The quantitative estimate of drug-likeness (QED) is 0.640. The molecule has 0 N–H and O–H groups in total. The van der Waals surface area contributed by atoms with Crippen LogP contribution in [0.5, 0.6) is 0 Å². The fourth-order valence-corrected chi connectivity index (χ4v) is 16.5. The first-order valence-corrected chi connectivity index (χ1v) is 13.3. The molecule has 0 heterocycles. The minimum atomic E-state index is -1.23. The van der Waals surface area contributed by atoms with Crippen LogP contribution in [0.3, 0.4) is 0 Å². The first-order chi connectivity index (χ1) is 8.43. The zero-order valence-corrected chi connectivity index (χ0v) is 15.0. The normalized spacial score (nSPS) is 26.6. The number of rotatable bonds is 2. The Labute approximate surface area is 118 Å². The van der Waals surface area contributed by atoms with Crippen LogP contribution in [0.1, 0.15) is 27.7 Å². The van der Waals surface area contributed by atoms with Crippen LogP contribution < -0.4 is 0 Å². The summed E-state index contributed by atoms with van der Waals surface area (Å²) in [5, 5.41) is 0. The van der Waals surface area contributed by atoms with Gasteiger partial charge in [0.15, 0.2) is 0 Å². The van der Waals surface area contributed by atoms with Crippen LogP contribution >= 0.6 is 0 Å². The van der Waals surface area contributed by atoms with Gasteiger partial charge in [0.1, 0.15) is 0 Å². The summed E-state index contributed by atoms with van der Waals surface area (Å²) in [7, 11) is 0. The van der Waals surface area contributed by atoms with Crippen LogP contribution in [0.15, 0.2) is 43.2 Å². The molecule has 0 nitrogen and oxygen atoms in total. The molecule has 2 unspecified atom stereocenters. The molecule has 0 saturated carbocycles. The Bertz CT molecular complexity index is 483. The molecular formula is C16H24SiTi. The summed E-state index contributed by atoms with van der Waals surface area (Å²) in [5.41, 5.74) is 3.17. The molecule has 0 aromatic heterocycles. The zero-order valence-electron chi connectivity index (χ0n) is 12.5. The molecule has 2 aliphatic carbocycles. The average molecular weight is 292 g/mol. The third-order valence-corrected chi connectivity index (χ3v) is 16.3. The van der Waals surface area contributed by atoms with E-state index in [0.717, 1.165) is 0 Å². The van der Waals surface area contributed by atoms with Crippen molar-refractivity contribution in [1.29, 1.82) is 0 Å². The van der Waals surface area contributed by atoms with Crippen molar-refractivity contribution in [2.45, 2.75) is 40.8 Å². The van der Waals surface area contributed by atoms with Crippen LogP contribution in [0.4, 0.5) is 0 Å². The summed E-state index contributed by atoms with van der Waals surface area (Å²) >= 11 is -1.23. The van der Waals surface area contributed by atoms with Crippen molar-refractivity contribution in [3.8, 4) is 0 Å². The van der Waals surface area contributed by atoms with Gasteiger partial charge in [-0.25, -0.2) is 0 Å². The Kier molecular flexibility index (Phi) is 4.36. The number of hydrogen-bond acceptors (Lipinski definition) is 0. The van der Waals surface area contributed by atoms with E-state index >= 15 is 0 Å². The first kappa shape index (κ1) is 14.3. The molecule has 0 spiro atoms. The summed E-state index contributed by atoms with van der Waals surface area (Å²) in [5.74, 6) is 1.40. The van der Waals surface area contributed by atoms with Gasteiger partial charge in [-0.15, -0.1) is 0 Å². The van der Waals surface area contributed by atoms with Crippen LogP contribution in [0.25, 0.3) is 0 Å². The van der Waals surface area contributed by atoms with Crippen LogP contribution in [-0.2, 0) is 16.6 Å². The van der Waals surface area contributed by atoms with E-state index < -0.39 is 16.6 Å². The predicted octanol–water partition coefficient (Wildman–Crippen LogP) is 4.82. The fourth-order valence-electron chi connectivity index (χ4n) is 3.20. The molecule has 0 amide bonds. The van der Waals surface area contributed by atoms with Crippen molar-refractivity contribution in [3.63, 3.8) is 0 Å². The van der Waals surface area contributed by atoms with Crippen molar-refractivity contribution >= 4 is 6.19 Å². The Morgan fingerprint density at radius 3 is 1.50 bits per heavy atom. The molecule has 2 atom stereocenters. The molecule has 0 bridgehead atoms. The van der Waals surface area contributed by atoms with Gasteiger partial charge in [-0.05, 0) is 0 Å². The number of allylic oxidation sites excluding steroid dienone is 8. The molecule has 0 fully saturated rings. The van der Waals surface area contributed by atoms with E-state index in [4.69, 9.17) is 0 Å². The van der Waals surface area contributed by atoms with E-state index in [0.29, 0.717) is 11.8 Å². The SMILES string of the molecule is CC1=[C]([Ti]([C]2=C(C)C=CC2C)=[Si](C)C)C(C)C=C1. The monoisotopic (exact) mass is 292 g/mol. The predicted molar refractivity (Wildman–Crippen MR) is 79.5 cm³/mol. The topological polar surface area (TPSA) is 0 Å². The van der Waals surface area contributed by atoms with Gasteiger partial charge in [0, 0.05) is 0 Å². The van der Waals surface area contributed by atoms with Crippen LogP contribution in [-0.4, -0.2) is 6.19 Å². The maximum absolute atomic E-state index is 2.54. The van der Waals surface area contributed by atoms with E-state index in [2.05, 4.69) is 65.1 Å². The van der Waals surface area contributed by atoms with Gasteiger partial charge in [-0.2, -0.15) is 0 Å². The third-order valence-electron chi connectivity index (χ3n) is 4.07. The Morgan fingerprint density at radius 1 is 0.889 bits per heavy atom. The van der Waals surface area contributed by atoms with E-state index in [-0.39, 0.29) is 6.19 Å². The molecule has 96 valence electrons. The average Bonchev–Trinajstić information content (AvgIpc) is 2.78. The van der Waals surface area contributed by atoms with Gasteiger partial charge in [0.05, 0.1) is 0 Å². The van der Waals surface area contributed by atoms with Crippen LogP contribution in [0, 0.1) is 11.8 Å². The second-order valence-corrected chi connectivity index (χ2v) is 17.5. The van der Waals surface area contributed by atoms with Gasteiger partial charge < -0.3 is 0 Å². The molecular weight excluding hydrogens is 268 g/mol. The molecule has 0 aliphatic heterocycles. The molecule has 2 aliphatic rings. The van der Waals surface area contributed by atoms with Crippen molar-refractivity contribution in [3.05, 3.63) is 43.2 Å². The molecule has 0 aromatic rings. The fraction of sp³-hybridized carbons (Fsp3) is 0.500. The van der Waals surface area contributed by atoms with E-state index in [1.807, 2.05) is 7.76 Å². The van der Waals surface area contributed by atoms with E-state index in [9.17, 15) is 0 Å². The van der Waals surface area contributed by atoms with Crippen molar-refractivity contribution in [2.75, 3.05) is 0 Å². The van der Waals surface area contributed by atoms with Crippen molar-refractivity contribution < 1.29 is 16.6 Å². The molecule has 2 rings (SSSR count). The van der Waals surface area contributed by atoms with E-state index in [1.165, 1.54) is 0 Å². The maximum atomic E-state index is 2.54. The molecule has 0 aromatic carbocycles. The standard InChI is InChI=1S/2C7H9.C2H6Si.Ti/c2*1-6-3-4-7(2)5-6;1-3-2;/h2*3-4,6H,1-2H3;1-2H3;. The van der Waals surface area contributed by atoms with Crippen molar-refractivity contribution in [1.82, 2.24) is 0 Å². The molecule has 18 heavy (non-hydrogen) atoms. The van der Waals surface area contributed by atoms with Gasteiger partial charge in [0.2, 0.25) is 0 Å². The zero-order chi connectivity index (χ0) is 13.4. The van der Waals surface area contributed by atoms with Crippen LogP contribution in [0.2, 0.25) is 13.1 Å². The minimum absolute atomic E-state index is 0.198. The molecule has 2 heteroatoms. The van der Waals surface area contributed by atoms with Crippen molar-refractivity contribution in [2.24, 2.45) is 11.8 Å². The Morgan fingerprint density at radius 2 is 1.28 bits per heavy atom. The summed E-state index contributed by atoms with van der Waals surface area (Å²) in [6.45, 7) is 14.5. The second kappa shape index (κ2) is 5.48. The third kappa shape index (κ3) is 2.45. The molecule has 0 saturated heterocycles. The Balaban J connectivity index is 2.56. The van der Waals surface area contributed by atoms with Gasteiger partial charge in [-0.1, -0.05) is 0 Å². The number of hydrogen-bond donors (Lipinski definition) is 0. The molecule has 0 radical (unpaired) electrons.